The van der Waals surface area contributed by atoms with Gasteiger partial charge >= 0.3 is 0 Å². The number of thiazole rings is 1. The van der Waals surface area contributed by atoms with E-state index in [1.165, 1.54) is 6.07 Å². The van der Waals surface area contributed by atoms with Gasteiger partial charge in [-0.25, -0.2) is 14.4 Å². The molecular weight excluding hydrogens is 397 g/mol. The molecule has 0 amide bonds. The summed E-state index contributed by atoms with van der Waals surface area (Å²) in [7, 11) is 0. The Morgan fingerprint density at radius 1 is 1.17 bits per heavy atom. The Bertz CT molecular complexity index is 1180. The smallest absolute Gasteiger partial charge is 0.147 e. The van der Waals surface area contributed by atoms with Crippen molar-refractivity contribution in [3.63, 3.8) is 0 Å². The van der Waals surface area contributed by atoms with E-state index in [-0.39, 0.29) is 11.2 Å². The van der Waals surface area contributed by atoms with Crippen LogP contribution in [-0.4, -0.2) is 24.3 Å². The molecule has 0 saturated carbocycles. The van der Waals surface area contributed by atoms with E-state index in [1.807, 2.05) is 29.2 Å². The number of imidazole rings is 1. The molecule has 30 heavy (non-hydrogen) atoms. The number of hydrogen-bond donors (Lipinski definition) is 0. The van der Waals surface area contributed by atoms with Crippen LogP contribution >= 0.6 is 11.3 Å². The van der Waals surface area contributed by atoms with Gasteiger partial charge in [-0.1, -0.05) is 26.8 Å². The highest BCUT2D eigenvalue weighted by molar-refractivity contribution is 7.10. The molecule has 0 spiro atoms. The molecule has 3 aromatic heterocycles. The van der Waals surface area contributed by atoms with E-state index < -0.39 is 0 Å². The highest BCUT2D eigenvalue weighted by Gasteiger charge is 2.20. The molecule has 3 heterocycles. The molecule has 4 aromatic rings. The molecule has 0 fully saturated rings. The number of rotatable bonds is 5. The molecule has 0 radical (unpaired) electrons. The number of aryl methyl sites for hydroxylation is 2. The van der Waals surface area contributed by atoms with E-state index in [0.29, 0.717) is 5.69 Å². The molecule has 0 bridgehead atoms. The highest BCUT2D eigenvalue weighted by atomic mass is 32.1. The largest absolute Gasteiger partial charge is 0.303 e. The van der Waals surface area contributed by atoms with Crippen LogP contribution in [0.1, 0.15) is 49.8 Å². The molecule has 0 aliphatic carbocycles. The van der Waals surface area contributed by atoms with Gasteiger partial charge < -0.3 is 4.57 Å². The first kappa shape index (κ1) is 20.5. The van der Waals surface area contributed by atoms with Crippen LogP contribution in [-0.2, 0) is 18.4 Å². The number of nitrogens with zero attached hydrogens (tertiary/aromatic N) is 5. The highest BCUT2D eigenvalue weighted by Crippen LogP contribution is 2.28. The second-order valence-electron chi connectivity index (χ2n) is 8.48. The van der Waals surface area contributed by atoms with Crippen molar-refractivity contribution in [1.29, 1.82) is 0 Å². The standard InChI is InChI=1S/C23H26FN5S/c1-6-29-17(10-21(27-29)23(3,4)5)11-22-26-19(13-30-22)16-7-8-20(18(24)9-16)28-12-15(2)25-14-28/h7-10,12-14H,6,11H2,1-5H3. The van der Waals surface area contributed by atoms with E-state index in [0.717, 1.165) is 46.3 Å². The maximum atomic E-state index is 14.7. The molecule has 1 aromatic carbocycles. The summed E-state index contributed by atoms with van der Waals surface area (Å²) in [5.41, 5.74) is 5.15. The van der Waals surface area contributed by atoms with E-state index in [1.54, 1.807) is 28.3 Å². The van der Waals surface area contributed by atoms with Gasteiger partial charge in [0.15, 0.2) is 0 Å². The van der Waals surface area contributed by atoms with Gasteiger partial charge in [0.25, 0.3) is 0 Å². The van der Waals surface area contributed by atoms with Crippen molar-refractivity contribution < 1.29 is 4.39 Å². The molecule has 0 saturated heterocycles. The third kappa shape index (κ3) is 4.07. The Hall–Kier alpha value is -2.80. The molecule has 0 aliphatic heterocycles. The lowest BCUT2D eigenvalue weighted by molar-refractivity contribution is 0.537. The van der Waals surface area contributed by atoms with Gasteiger partial charge in [-0.05, 0) is 32.0 Å². The van der Waals surface area contributed by atoms with Crippen molar-refractivity contribution in [1.82, 2.24) is 24.3 Å². The monoisotopic (exact) mass is 423 g/mol. The molecule has 0 N–H and O–H groups in total. The third-order valence-corrected chi connectivity index (χ3v) is 5.90. The SMILES string of the molecule is CCn1nc(C(C)(C)C)cc1Cc1nc(-c2ccc(-n3cnc(C)c3)c(F)c2)cs1. The van der Waals surface area contributed by atoms with Crippen molar-refractivity contribution in [2.24, 2.45) is 0 Å². The molecule has 0 unspecified atom stereocenters. The van der Waals surface area contributed by atoms with Gasteiger partial charge in [-0.15, -0.1) is 11.3 Å². The van der Waals surface area contributed by atoms with Gasteiger partial charge in [0.05, 0.1) is 34.1 Å². The zero-order valence-electron chi connectivity index (χ0n) is 18.0. The zero-order valence-corrected chi connectivity index (χ0v) is 18.8. The van der Waals surface area contributed by atoms with Crippen LogP contribution in [0.2, 0.25) is 0 Å². The van der Waals surface area contributed by atoms with Crippen LogP contribution in [0.25, 0.3) is 16.9 Å². The van der Waals surface area contributed by atoms with E-state index in [4.69, 9.17) is 10.1 Å². The predicted molar refractivity (Wildman–Crippen MR) is 119 cm³/mol. The molecular formula is C23H26FN5S. The maximum Gasteiger partial charge on any atom is 0.147 e. The van der Waals surface area contributed by atoms with Gasteiger partial charge in [0, 0.05) is 41.2 Å². The summed E-state index contributed by atoms with van der Waals surface area (Å²) in [4.78, 5) is 8.93. The summed E-state index contributed by atoms with van der Waals surface area (Å²) in [6.45, 7) is 11.3. The minimum Gasteiger partial charge on any atom is -0.303 e. The van der Waals surface area contributed by atoms with Gasteiger partial charge in [-0.3, -0.25) is 4.68 Å². The quantitative estimate of drug-likeness (QED) is 0.423. The summed E-state index contributed by atoms with van der Waals surface area (Å²) in [6.07, 6.45) is 4.15. The minimum atomic E-state index is -0.293. The van der Waals surface area contributed by atoms with Crippen molar-refractivity contribution in [3.05, 3.63) is 70.1 Å². The molecule has 0 atom stereocenters. The van der Waals surface area contributed by atoms with E-state index in [9.17, 15) is 4.39 Å². The summed E-state index contributed by atoms with van der Waals surface area (Å²) in [6, 6.07) is 7.39. The van der Waals surface area contributed by atoms with Crippen LogP contribution in [0.5, 0.6) is 0 Å². The van der Waals surface area contributed by atoms with Gasteiger partial charge in [0.2, 0.25) is 0 Å². The Balaban J connectivity index is 1.58. The van der Waals surface area contributed by atoms with Crippen LogP contribution in [0, 0.1) is 12.7 Å². The number of benzene rings is 1. The second kappa shape index (κ2) is 7.80. The van der Waals surface area contributed by atoms with Crippen molar-refractivity contribution >= 4 is 11.3 Å². The summed E-state index contributed by atoms with van der Waals surface area (Å²) >= 11 is 1.60. The fourth-order valence-electron chi connectivity index (χ4n) is 3.35. The zero-order chi connectivity index (χ0) is 21.5. The van der Waals surface area contributed by atoms with Crippen LogP contribution < -0.4 is 0 Å². The average molecular weight is 424 g/mol. The Labute approximate surface area is 180 Å². The first-order valence-electron chi connectivity index (χ1n) is 10.1. The summed E-state index contributed by atoms with van der Waals surface area (Å²) in [5, 5.41) is 7.73. The summed E-state index contributed by atoms with van der Waals surface area (Å²) < 4.78 is 18.5. The van der Waals surface area contributed by atoms with Crippen molar-refractivity contribution in [2.75, 3.05) is 0 Å². The molecule has 156 valence electrons. The summed E-state index contributed by atoms with van der Waals surface area (Å²) in [5.74, 6) is -0.293. The normalized spacial score (nSPS) is 11.9. The second-order valence-corrected chi connectivity index (χ2v) is 9.42. The van der Waals surface area contributed by atoms with Gasteiger partial charge in [-0.2, -0.15) is 5.10 Å². The number of halogens is 1. The number of hydrogen-bond acceptors (Lipinski definition) is 4. The lowest BCUT2D eigenvalue weighted by Crippen LogP contribution is -2.12. The molecule has 7 heteroatoms. The van der Waals surface area contributed by atoms with Crippen LogP contribution in [0.15, 0.2) is 42.2 Å². The van der Waals surface area contributed by atoms with Crippen LogP contribution in [0.4, 0.5) is 4.39 Å². The lowest BCUT2D eigenvalue weighted by atomic mass is 9.92. The fraction of sp³-hybridized carbons (Fsp3) is 0.348. The van der Waals surface area contributed by atoms with E-state index >= 15 is 0 Å². The lowest BCUT2D eigenvalue weighted by Gasteiger charge is -2.14. The van der Waals surface area contributed by atoms with E-state index in [2.05, 4.69) is 38.7 Å². The predicted octanol–water partition coefficient (Wildman–Crippen LogP) is 5.55. The molecule has 4 rings (SSSR count). The third-order valence-electron chi connectivity index (χ3n) is 5.05. The van der Waals surface area contributed by atoms with Crippen molar-refractivity contribution in [3.8, 4) is 16.9 Å². The maximum absolute atomic E-state index is 14.7. The minimum absolute atomic E-state index is 0.0102. The molecule has 0 aliphatic rings. The number of aromatic nitrogens is 5. The fourth-order valence-corrected chi connectivity index (χ4v) is 4.16. The Morgan fingerprint density at radius 3 is 2.60 bits per heavy atom. The van der Waals surface area contributed by atoms with Crippen LogP contribution in [0.3, 0.4) is 0 Å². The Kier molecular flexibility index (Phi) is 5.32. The topological polar surface area (TPSA) is 48.5 Å². The van der Waals surface area contributed by atoms with Crippen molar-refractivity contribution in [2.45, 2.75) is 53.0 Å². The van der Waals surface area contributed by atoms with Gasteiger partial charge in [0.1, 0.15) is 5.82 Å². The molecule has 5 nitrogen and oxygen atoms in total. The first-order chi connectivity index (χ1) is 14.2. The average Bonchev–Trinajstić information content (AvgIpc) is 3.41. The first-order valence-corrected chi connectivity index (χ1v) is 10.9. The Morgan fingerprint density at radius 2 is 1.97 bits per heavy atom.